The first kappa shape index (κ1) is 23.0. The van der Waals surface area contributed by atoms with E-state index >= 15 is 0 Å². The number of benzene rings is 1. The zero-order valence-corrected chi connectivity index (χ0v) is 18.8. The maximum atomic E-state index is 5.40. The lowest BCUT2D eigenvalue weighted by Crippen LogP contribution is -2.39. The molecular formula is C20H35IN4O. The minimum atomic E-state index is 0. The van der Waals surface area contributed by atoms with Crippen LogP contribution in [0.4, 0.5) is 0 Å². The van der Waals surface area contributed by atoms with Crippen LogP contribution in [0.1, 0.15) is 38.7 Å². The molecule has 1 aliphatic heterocycles. The number of para-hydroxylation sites is 1. The van der Waals surface area contributed by atoms with E-state index in [0.29, 0.717) is 6.54 Å². The van der Waals surface area contributed by atoms with Gasteiger partial charge in [0.25, 0.3) is 0 Å². The van der Waals surface area contributed by atoms with E-state index in [2.05, 4.69) is 40.4 Å². The van der Waals surface area contributed by atoms with Crippen molar-refractivity contribution in [2.75, 3.05) is 39.8 Å². The second-order valence-electron chi connectivity index (χ2n) is 6.81. The highest BCUT2D eigenvalue weighted by molar-refractivity contribution is 14.0. The molecule has 0 aromatic heterocycles. The molecule has 0 bridgehead atoms. The molecule has 0 atom stereocenters. The summed E-state index contributed by atoms with van der Waals surface area (Å²) in [6, 6.07) is 8.04. The lowest BCUT2D eigenvalue weighted by molar-refractivity contribution is 0.191. The van der Waals surface area contributed by atoms with Crippen molar-refractivity contribution in [3.05, 3.63) is 29.8 Å². The Balaban J connectivity index is 0.00000338. The number of piperidine rings is 1. The van der Waals surface area contributed by atoms with Crippen LogP contribution >= 0.6 is 24.0 Å². The minimum absolute atomic E-state index is 0. The van der Waals surface area contributed by atoms with Gasteiger partial charge in [-0.2, -0.15) is 0 Å². The normalized spacial score (nSPS) is 16.0. The van der Waals surface area contributed by atoms with Crippen LogP contribution in [0.15, 0.2) is 29.3 Å². The largest absolute Gasteiger partial charge is 0.496 e. The van der Waals surface area contributed by atoms with Crippen molar-refractivity contribution in [3.8, 4) is 5.75 Å². The molecule has 5 nitrogen and oxygen atoms in total. The Morgan fingerprint density at radius 3 is 2.65 bits per heavy atom. The molecule has 1 saturated heterocycles. The molecule has 1 aromatic rings. The molecule has 148 valence electrons. The van der Waals surface area contributed by atoms with E-state index in [4.69, 9.17) is 4.74 Å². The first-order valence-electron chi connectivity index (χ1n) is 9.59. The number of ether oxygens (including phenoxy) is 1. The molecule has 0 unspecified atom stereocenters. The van der Waals surface area contributed by atoms with Gasteiger partial charge in [0, 0.05) is 18.7 Å². The van der Waals surface area contributed by atoms with E-state index in [9.17, 15) is 0 Å². The average Bonchev–Trinajstić information content (AvgIpc) is 2.64. The van der Waals surface area contributed by atoms with Gasteiger partial charge in [0.15, 0.2) is 5.96 Å². The first-order valence-corrected chi connectivity index (χ1v) is 9.59. The summed E-state index contributed by atoms with van der Waals surface area (Å²) in [6.07, 6.45) is 3.83. The summed E-state index contributed by atoms with van der Waals surface area (Å²) in [7, 11) is 1.70. The van der Waals surface area contributed by atoms with Gasteiger partial charge in [0.2, 0.25) is 0 Å². The SMILES string of the molecule is CCNC(=NCc1ccccc1OC)NCCCN1CCC(C)CC1.I. The molecule has 0 amide bonds. The number of hydrogen-bond acceptors (Lipinski definition) is 3. The Hall–Kier alpha value is -1.02. The van der Waals surface area contributed by atoms with Gasteiger partial charge in [-0.25, -0.2) is 4.99 Å². The van der Waals surface area contributed by atoms with Crippen molar-refractivity contribution in [2.24, 2.45) is 10.9 Å². The van der Waals surface area contributed by atoms with E-state index in [1.165, 1.54) is 32.5 Å². The zero-order chi connectivity index (χ0) is 17.9. The van der Waals surface area contributed by atoms with Gasteiger partial charge in [-0.05, 0) is 57.8 Å². The summed E-state index contributed by atoms with van der Waals surface area (Å²) in [5.74, 6) is 2.67. The number of aliphatic imine (C=N–C) groups is 1. The molecule has 2 N–H and O–H groups in total. The van der Waals surface area contributed by atoms with Gasteiger partial charge in [0.1, 0.15) is 5.75 Å². The third-order valence-electron chi connectivity index (χ3n) is 4.76. The van der Waals surface area contributed by atoms with Crippen LogP contribution in [0, 0.1) is 5.92 Å². The Kier molecular flexibility index (Phi) is 11.7. The molecule has 1 heterocycles. The highest BCUT2D eigenvalue weighted by Crippen LogP contribution is 2.18. The Morgan fingerprint density at radius 2 is 1.96 bits per heavy atom. The van der Waals surface area contributed by atoms with Crippen molar-refractivity contribution in [1.82, 2.24) is 15.5 Å². The van der Waals surface area contributed by atoms with E-state index in [-0.39, 0.29) is 24.0 Å². The lowest BCUT2D eigenvalue weighted by atomic mass is 9.99. The predicted octanol–water partition coefficient (Wildman–Crippen LogP) is 3.49. The summed E-state index contributed by atoms with van der Waals surface area (Å²) in [6.45, 7) is 10.6. The van der Waals surface area contributed by atoms with Crippen LogP contribution < -0.4 is 15.4 Å². The molecule has 2 rings (SSSR count). The highest BCUT2D eigenvalue weighted by Gasteiger charge is 2.14. The van der Waals surface area contributed by atoms with Crippen molar-refractivity contribution in [2.45, 2.75) is 39.7 Å². The zero-order valence-electron chi connectivity index (χ0n) is 16.5. The lowest BCUT2D eigenvalue weighted by Gasteiger charge is -2.30. The van der Waals surface area contributed by atoms with E-state index in [1.807, 2.05) is 18.2 Å². The van der Waals surface area contributed by atoms with E-state index < -0.39 is 0 Å². The Bertz CT molecular complexity index is 530. The molecule has 0 saturated carbocycles. The second-order valence-corrected chi connectivity index (χ2v) is 6.81. The molecule has 1 aliphatic rings. The van der Waals surface area contributed by atoms with Crippen LogP contribution in [-0.2, 0) is 6.54 Å². The monoisotopic (exact) mass is 474 g/mol. The fraction of sp³-hybridized carbons (Fsp3) is 0.650. The minimum Gasteiger partial charge on any atom is -0.496 e. The van der Waals surface area contributed by atoms with E-state index in [0.717, 1.165) is 42.7 Å². The number of likely N-dealkylation sites (tertiary alicyclic amines) is 1. The van der Waals surface area contributed by atoms with Gasteiger partial charge >= 0.3 is 0 Å². The number of methoxy groups -OCH3 is 1. The van der Waals surface area contributed by atoms with Crippen molar-refractivity contribution in [1.29, 1.82) is 0 Å². The van der Waals surface area contributed by atoms with Crippen LogP contribution in [0.3, 0.4) is 0 Å². The fourth-order valence-electron chi connectivity index (χ4n) is 3.13. The summed E-state index contributed by atoms with van der Waals surface area (Å²) in [5, 5.41) is 6.77. The van der Waals surface area contributed by atoms with Crippen molar-refractivity contribution in [3.63, 3.8) is 0 Å². The maximum Gasteiger partial charge on any atom is 0.191 e. The summed E-state index contributed by atoms with van der Waals surface area (Å²) < 4.78 is 5.40. The highest BCUT2D eigenvalue weighted by atomic mass is 127. The fourth-order valence-corrected chi connectivity index (χ4v) is 3.13. The molecule has 0 radical (unpaired) electrons. The molecule has 1 fully saturated rings. The number of guanidine groups is 1. The van der Waals surface area contributed by atoms with Crippen LogP contribution in [0.25, 0.3) is 0 Å². The van der Waals surface area contributed by atoms with Crippen LogP contribution in [0.5, 0.6) is 5.75 Å². The number of nitrogens with zero attached hydrogens (tertiary/aromatic N) is 2. The Morgan fingerprint density at radius 1 is 1.23 bits per heavy atom. The molecule has 0 spiro atoms. The number of hydrogen-bond donors (Lipinski definition) is 2. The predicted molar refractivity (Wildman–Crippen MR) is 121 cm³/mol. The van der Waals surface area contributed by atoms with Crippen molar-refractivity contribution < 1.29 is 4.74 Å². The third-order valence-corrected chi connectivity index (χ3v) is 4.76. The maximum absolute atomic E-state index is 5.40. The van der Waals surface area contributed by atoms with Gasteiger partial charge in [0.05, 0.1) is 13.7 Å². The number of halogens is 1. The molecular weight excluding hydrogens is 439 g/mol. The Labute approximate surface area is 176 Å². The van der Waals surface area contributed by atoms with Gasteiger partial charge in [-0.1, -0.05) is 25.1 Å². The van der Waals surface area contributed by atoms with Crippen LogP contribution in [0.2, 0.25) is 0 Å². The quantitative estimate of drug-likeness (QED) is 0.262. The summed E-state index contributed by atoms with van der Waals surface area (Å²) >= 11 is 0. The first-order chi connectivity index (χ1) is 12.2. The van der Waals surface area contributed by atoms with Gasteiger partial charge in [-0.15, -0.1) is 24.0 Å². The van der Waals surface area contributed by atoms with E-state index in [1.54, 1.807) is 7.11 Å². The standard InChI is InChI=1S/C20H34N4O.HI/c1-4-21-20(23-16-18-8-5-6-9-19(18)25-3)22-12-7-13-24-14-10-17(2)11-15-24;/h5-6,8-9,17H,4,7,10-16H2,1-3H3,(H2,21,22,23);1H. The number of nitrogens with one attached hydrogen (secondary N) is 2. The summed E-state index contributed by atoms with van der Waals surface area (Å²) in [5.41, 5.74) is 1.10. The molecule has 0 aliphatic carbocycles. The van der Waals surface area contributed by atoms with Crippen LogP contribution in [-0.4, -0.2) is 50.7 Å². The molecule has 1 aromatic carbocycles. The molecule has 6 heteroatoms. The topological polar surface area (TPSA) is 48.9 Å². The average molecular weight is 474 g/mol. The summed E-state index contributed by atoms with van der Waals surface area (Å²) in [4.78, 5) is 7.27. The second kappa shape index (κ2) is 13.2. The smallest absolute Gasteiger partial charge is 0.191 e. The molecule has 26 heavy (non-hydrogen) atoms. The van der Waals surface area contributed by atoms with Gasteiger partial charge in [-0.3, -0.25) is 0 Å². The number of rotatable bonds is 8. The van der Waals surface area contributed by atoms with Gasteiger partial charge < -0.3 is 20.3 Å². The third kappa shape index (κ3) is 8.12. The van der Waals surface area contributed by atoms with Crippen molar-refractivity contribution >= 4 is 29.9 Å².